The summed E-state index contributed by atoms with van der Waals surface area (Å²) >= 11 is 6.07. The fraction of sp³-hybridized carbons (Fsp3) is 0.647. The fourth-order valence-electron chi connectivity index (χ4n) is 3.55. The SMILES string of the molecule is CCCC1(CN(C)Cc2cccc(Cl)c2)CCNCC1. The number of nitrogens with zero attached hydrogens (tertiary/aromatic N) is 1. The van der Waals surface area contributed by atoms with E-state index < -0.39 is 0 Å². The van der Waals surface area contributed by atoms with Crippen molar-refractivity contribution in [2.45, 2.75) is 39.2 Å². The molecule has 1 aromatic carbocycles. The minimum Gasteiger partial charge on any atom is -0.317 e. The Morgan fingerprint density at radius 1 is 1.30 bits per heavy atom. The molecule has 20 heavy (non-hydrogen) atoms. The van der Waals surface area contributed by atoms with Gasteiger partial charge in [0.25, 0.3) is 0 Å². The Morgan fingerprint density at radius 2 is 2.05 bits per heavy atom. The van der Waals surface area contributed by atoms with E-state index in [-0.39, 0.29) is 0 Å². The molecule has 0 aliphatic carbocycles. The molecule has 112 valence electrons. The lowest BCUT2D eigenvalue weighted by molar-refractivity contribution is 0.112. The Labute approximate surface area is 128 Å². The van der Waals surface area contributed by atoms with Crippen molar-refractivity contribution in [2.75, 3.05) is 26.7 Å². The first-order valence-electron chi connectivity index (χ1n) is 7.77. The van der Waals surface area contributed by atoms with Crippen molar-refractivity contribution in [3.05, 3.63) is 34.9 Å². The van der Waals surface area contributed by atoms with Gasteiger partial charge in [-0.15, -0.1) is 0 Å². The first-order chi connectivity index (χ1) is 9.63. The van der Waals surface area contributed by atoms with Crippen LogP contribution in [0.15, 0.2) is 24.3 Å². The molecule has 1 fully saturated rings. The van der Waals surface area contributed by atoms with Crippen LogP contribution in [0.25, 0.3) is 0 Å². The van der Waals surface area contributed by atoms with E-state index >= 15 is 0 Å². The average Bonchev–Trinajstić information content (AvgIpc) is 2.39. The van der Waals surface area contributed by atoms with Gasteiger partial charge >= 0.3 is 0 Å². The highest BCUT2D eigenvalue weighted by Crippen LogP contribution is 2.35. The summed E-state index contributed by atoms with van der Waals surface area (Å²) < 4.78 is 0. The Hall–Kier alpha value is -0.570. The highest BCUT2D eigenvalue weighted by atomic mass is 35.5. The molecule has 0 saturated carbocycles. The maximum Gasteiger partial charge on any atom is 0.0409 e. The van der Waals surface area contributed by atoms with Gasteiger partial charge in [0, 0.05) is 18.1 Å². The molecule has 1 heterocycles. The fourth-order valence-corrected chi connectivity index (χ4v) is 3.76. The van der Waals surface area contributed by atoms with Crippen molar-refractivity contribution in [3.8, 4) is 0 Å². The lowest BCUT2D eigenvalue weighted by Gasteiger charge is -2.40. The summed E-state index contributed by atoms with van der Waals surface area (Å²) in [6.07, 6.45) is 5.24. The minimum atomic E-state index is 0.507. The van der Waals surface area contributed by atoms with E-state index in [2.05, 4.69) is 36.3 Å². The standard InChI is InChI=1S/C17H27ClN2/c1-3-7-17(8-10-19-11-9-17)14-20(2)13-15-5-4-6-16(18)12-15/h4-6,12,19H,3,7-11,13-14H2,1-2H3. The largest absolute Gasteiger partial charge is 0.317 e. The molecule has 0 spiro atoms. The Morgan fingerprint density at radius 3 is 2.70 bits per heavy atom. The molecule has 0 bridgehead atoms. The molecular weight excluding hydrogens is 268 g/mol. The van der Waals surface area contributed by atoms with Gasteiger partial charge in [-0.3, -0.25) is 0 Å². The van der Waals surface area contributed by atoms with Crippen LogP contribution >= 0.6 is 11.6 Å². The number of rotatable bonds is 6. The number of benzene rings is 1. The van der Waals surface area contributed by atoms with E-state index in [9.17, 15) is 0 Å². The molecule has 1 aromatic rings. The van der Waals surface area contributed by atoms with E-state index in [1.807, 2.05) is 12.1 Å². The second-order valence-electron chi connectivity index (χ2n) is 6.30. The second kappa shape index (κ2) is 7.44. The number of hydrogen-bond acceptors (Lipinski definition) is 2. The molecule has 1 saturated heterocycles. The third-order valence-corrected chi connectivity index (χ3v) is 4.63. The number of halogens is 1. The predicted molar refractivity (Wildman–Crippen MR) is 87.2 cm³/mol. The van der Waals surface area contributed by atoms with Gasteiger partial charge in [0.15, 0.2) is 0 Å². The zero-order chi connectivity index (χ0) is 14.4. The summed E-state index contributed by atoms with van der Waals surface area (Å²) in [5.41, 5.74) is 1.81. The highest BCUT2D eigenvalue weighted by molar-refractivity contribution is 6.30. The highest BCUT2D eigenvalue weighted by Gasteiger charge is 2.32. The van der Waals surface area contributed by atoms with Crippen LogP contribution in [-0.4, -0.2) is 31.6 Å². The van der Waals surface area contributed by atoms with Crippen LogP contribution in [0, 0.1) is 5.41 Å². The third kappa shape index (κ3) is 4.47. The van der Waals surface area contributed by atoms with Gasteiger partial charge in [0.05, 0.1) is 0 Å². The summed E-state index contributed by atoms with van der Waals surface area (Å²) in [6, 6.07) is 8.22. The van der Waals surface area contributed by atoms with E-state index in [0.717, 1.165) is 11.6 Å². The monoisotopic (exact) mass is 294 g/mol. The topological polar surface area (TPSA) is 15.3 Å². The summed E-state index contributed by atoms with van der Waals surface area (Å²) in [6.45, 7) is 6.82. The molecule has 1 aliphatic rings. The quantitative estimate of drug-likeness (QED) is 0.855. The minimum absolute atomic E-state index is 0.507. The molecule has 0 radical (unpaired) electrons. The Balaban J connectivity index is 1.95. The summed E-state index contributed by atoms with van der Waals surface area (Å²) in [5.74, 6) is 0. The van der Waals surface area contributed by atoms with Crippen molar-refractivity contribution >= 4 is 11.6 Å². The van der Waals surface area contributed by atoms with Crippen molar-refractivity contribution in [3.63, 3.8) is 0 Å². The Kier molecular flexibility index (Phi) is 5.88. The summed E-state index contributed by atoms with van der Waals surface area (Å²) in [5, 5.41) is 4.33. The van der Waals surface area contributed by atoms with E-state index in [1.165, 1.54) is 50.9 Å². The van der Waals surface area contributed by atoms with Crippen LogP contribution in [0.4, 0.5) is 0 Å². The predicted octanol–water partition coefficient (Wildman–Crippen LogP) is 3.94. The van der Waals surface area contributed by atoms with Gasteiger partial charge in [-0.05, 0) is 62.5 Å². The van der Waals surface area contributed by atoms with E-state index in [0.29, 0.717) is 5.41 Å². The first-order valence-corrected chi connectivity index (χ1v) is 8.15. The van der Waals surface area contributed by atoms with Gasteiger partial charge in [0.2, 0.25) is 0 Å². The lowest BCUT2D eigenvalue weighted by Crippen LogP contribution is -2.43. The maximum absolute atomic E-state index is 6.07. The number of piperidine rings is 1. The average molecular weight is 295 g/mol. The summed E-state index contributed by atoms with van der Waals surface area (Å²) in [4.78, 5) is 2.46. The van der Waals surface area contributed by atoms with Crippen LogP contribution in [0.3, 0.4) is 0 Å². The molecule has 1 N–H and O–H groups in total. The molecule has 1 aliphatic heterocycles. The maximum atomic E-state index is 6.07. The number of nitrogens with one attached hydrogen (secondary N) is 1. The van der Waals surface area contributed by atoms with Crippen molar-refractivity contribution in [1.29, 1.82) is 0 Å². The molecule has 0 unspecified atom stereocenters. The lowest BCUT2D eigenvalue weighted by atomic mass is 9.75. The summed E-state index contributed by atoms with van der Waals surface area (Å²) in [7, 11) is 2.24. The van der Waals surface area contributed by atoms with Gasteiger partial charge in [-0.2, -0.15) is 0 Å². The molecule has 0 aromatic heterocycles. The van der Waals surface area contributed by atoms with Crippen LogP contribution in [-0.2, 0) is 6.54 Å². The van der Waals surface area contributed by atoms with Crippen LogP contribution in [0.5, 0.6) is 0 Å². The molecular formula is C17H27ClN2. The molecule has 2 nitrogen and oxygen atoms in total. The normalized spacial score (nSPS) is 18.4. The molecule has 2 rings (SSSR count). The van der Waals surface area contributed by atoms with Crippen LogP contribution in [0.1, 0.15) is 38.2 Å². The zero-order valence-electron chi connectivity index (χ0n) is 12.8. The van der Waals surface area contributed by atoms with Gasteiger partial charge in [-0.1, -0.05) is 37.1 Å². The van der Waals surface area contributed by atoms with Crippen molar-refractivity contribution in [1.82, 2.24) is 10.2 Å². The molecule has 3 heteroatoms. The Bertz CT molecular complexity index is 408. The third-order valence-electron chi connectivity index (χ3n) is 4.39. The number of hydrogen-bond donors (Lipinski definition) is 1. The molecule has 0 amide bonds. The van der Waals surface area contributed by atoms with Crippen LogP contribution in [0.2, 0.25) is 5.02 Å². The van der Waals surface area contributed by atoms with Crippen LogP contribution < -0.4 is 5.32 Å². The van der Waals surface area contributed by atoms with Crippen molar-refractivity contribution in [2.24, 2.45) is 5.41 Å². The van der Waals surface area contributed by atoms with Crippen molar-refractivity contribution < 1.29 is 0 Å². The van der Waals surface area contributed by atoms with Gasteiger partial charge in [-0.25, -0.2) is 0 Å². The first kappa shape index (κ1) is 15.8. The van der Waals surface area contributed by atoms with Gasteiger partial charge < -0.3 is 10.2 Å². The smallest absolute Gasteiger partial charge is 0.0409 e. The van der Waals surface area contributed by atoms with Gasteiger partial charge in [0.1, 0.15) is 0 Å². The van der Waals surface area contributed by atoms with E-state index in [1.54, 1.807) is 0 Å². The molecule has 0 atom stereocenters. The van der Waals surface area contributed by atoms with E-state index in [4.69, 9.17) is 11.6 Å². The second-order valence-corrected chi connectivity index (χ2v) is 6.74. The zero-order valence-corrected chi connectivity index (χ0v) is 13.5.